The molecule has 1 aliphatic rings. The maximum Gasteiger partial charge on any atom is 0.226 e. The van der Waals surface area contributed by atoms with Gasteiger partial charge in [0.05, 0.1) is 11.6 Å². The summed E-state index contributed by atoms with van der Waals surface area (Å²) in [5.41, 5.74) is 10.0. The zero-order valence-corrected chi connectivity index (χ0v) is 11.4. The number of rotatable bonds is 3. The zero-order valence-electron chi connectivity index (χ0n) is 11.4. The van der Waals surface area contributed by atoms with E-state index in [2.05, 4.69) is 23.2 Å². The average Bonchev–Trinajstić information content (AvgIpc) is 2.47. The summed E-state index contributed by atoms with van der Waals surface area (Å²) < 4.78 is 0. The summed E-state index contributed by atoms with van der Waals surface area (Å²) in [4.78, 5) is 16.0. The van der Waals surface area contributed by atoms with Crippen molar-refractivity contribution in [3.63, 3.8) is 0 Å². The standard InChI is InChI=1S/C17H18N2O/c18-17(20)15-8-4-7-14-10-13(11-19-16(14)15)9-12-5-2-1-3-6-12/h1-3,5-6,10-11,15H,4,7-9H2,(H2,18,20). The Kier molecular flexibility index (Phi) is 3.50. The van der Waals surface area contributed by atoms with E-state index < -0.39 is 0 Å². The van der Waals surface area contributed by atoms with Crippen molar-refractivity contribution < 1.29 is 4.79 Å². The van der Waals surface area contributed by atoms with Gasteiger partial charge in [0.1, 0.15) is 0 Å². The van der Waals surface area contributed by atoms with Gasteiger partial charge in [-0.1, -0.05) is 36.4 Å². The lowest BCUT2D eigenvalue weighted by Gasteiger charge is -2.22. The third-order valence-corrected chi connectivity index (χ3v) is 3.92. The molecule has 0 radical (unpaired) electrons. The van der Waals surface area contributed by atoms with Gasteiger partial charge in [-0.3, -0.25) is 9.78 Å². The minimum Gasteiger partial charge on any atom is -0.369 e. The molecular weight excluding hydrogens is 248 g/mol. The number of nitrogens with zero attached hydrogens (tertiary/aromatic N) is 1. The minimum atomic E-state index is -0.255. The van der Waals surface area contributed by atoms with Gasteiger partial charge in [0.15, 0.2) is 0 Å². The normalized spacial score (nSPS) is 17.5. The van der Waals surface area contributed by atoms with E-state index in [0.717, 1.165) is 31.4 Å². The molecule has 1 heterocycles. The number of hydrogen-bond acceptors (Lipinski definition) is 2. The lowest BCUT2D eigenvalue weighted by Crippen LogP contribution is -2.26. The number of carbonyl (C=O) groups is 1. The number of aromatic nitrogens is 1. The van der Waals surface area contributed by atoms with Crippen molar-refractivity contribution >= 4 is 5.91 Å². The van der Waals surface area contributed by atoms with Crippen molar-refractivity contribution in [2.24, 2.45) is 5.73 Å². The van der Waals surface area contributed by atoms with E-state index in [4.69, 9.17) is 5.73 Å². The molecule has 0 saturated carbocycles. The maximum atomic E-state index is 11.5. The molecule has 20 heavy (non-hydrogen) atoms. The summed E-state index contributed by atoms with van der Waals surface area (Å²) in [5, 5.41) is 0. The highest BCUT2D eigenvalue weighted by Crippen LogP contribution is 2.30. The SMILES string of the molecule is NC(=O)C1CCCc2cc(Cc3ccccc3)cnc21. The fourth-order valence-electron chi connectivity index (χ4n) is 2.92. The van der Waals surface area contributed by atoms with Crippen LogP contribution in [-0.2, 0) is 17.6 Å². The monoisotopic (exact) mass is 266 g/mol. The van der Waals surface area contributed by atoms with E-state index >= 15 is 0 Å². The van der Waals surface area contributed by atoms with Crippen LogP contribution in [0.1, 0.15) is 41.1 Å². The molecule has 0 saturated heterocycles. The molecule has 1 aliphatic carbocycles. The molecule has 3 nitrogen and oxygen atoms in total. The van der Waals surface area contributed by atoms with Crippen LogP contribution in [0, 0.1) is 0 Å². The van der Waals surface area contributed by atoms with Crippen LogP contribution in [0.25, 0.3) is 0 Å². The minimum absolute atomic E-state index is 0.204. The summed E-state index contributed by atoms with van der Waals surface area (Å²) in [6.07, 6.45) is 5.59. The molecule has 1 amide bonds. The number of carbonyl (C=O) groups excluding carboxylic acids is 1. The Balaban J connectivity index is 1.88. The van der Waals surface area contributed by atoms with Crippen LogP contribution in [0.3, 0.4) is 0 Å². The Hall–Kier alpha value is -2.16. The largest absolute Gasteiger partial charge is 0.369 e. The molecule has 0 fully saturated rings. The second-order valence-electron chi connectivity index (χ2n) is 5.40. The third kappa shape index (κ3) is 2.57. The van der Waals surface area contributed by atoms with Crippen LogP contribution in [0.4, 0.5) is 0 Å². The molecular formula is C17H18N2O. The van der Waals surface area contributed by atoms with E-state index in [1.165, 1.54) is 16.7 Å². The first-order valence-electron chi connectivity index (χ1n) is 7.05. The van der Waals surface area contributed by atoms with Gasteiger partial charge in [-0.25, -0.2) is 0 Å². The summed E-state index contributed by atoms with van der Waals surface area (Å²) in [5.74, 6) is -0.459. The molecule has 1 unspecified atom stereocenters. The number of pyridine rings is 1. The van der Waals surface area contributed by atoms with Crippen LogP contribution in [-0.4, -0.2) is 10.9 Å². The molecule has 1 aromatic heterocycles. The lowest BCUT2D eigenvalue weighted by atomic mass is 9.85. The number of amides is 1. The van der Waals surface area contributed by atoms with Gasteiger partial charge in [0.25, 0.3) is 0 Å². The van der Waals surface area contributed by atoms with E-state index in [-0.39, 0.29) is 11.8 Å². The average molecular weight is 266 g/mol. The maximum absolute atomic E-state index is 11.5. The Bertz CT molecular complexity index is 622. The molecule has 102 valence electrons. The van der Waals surface area contributed by atoms with Crippen LogP contribution in [0.2, 0.25) is 0 Å². The van der Waals surface area contributed by atoms with Crippen LogP contribution in [0.5, 0.6) is 0 Å². The molecule has 2 aromatic rings. The number of aryl methyl sites for hydroxylation is 1. The summed E-state index contributed by atoms with van der Waals surface area (Å²) in [7, 11) is 0. The highest BCUT2D eigenvalue weighted by Gasteiger charge is 2.26. The van der Waals surface area contributed by atoms with Gasteiger partial charge in [-0.15, -0.1) is 0 Å². The van der Waals surface area contributed by atoms with E-state index in [9.17, 15) is 4.79 Å². The van der Waals surface area contributed by atoms with E-state index in [1.54, 1.807) is 0 Å². The van der Waals surface area contributed by atoms with Crippen LogP contribution in [0.15, 0.2) is 42.6 Å². The van der Waals surface area contributed by atoms with E-state index in [1.807, 2.05) is 24.4 Å². The van der Waals surface area contributed by atoms with Crippen molar-refractivity contribution in [1.82, 2.24) is 4.98 Å². The number of nitrogens with two attached hydrogens (primary N) is 1. The molecule has 0 aliphatic heterocycles. The topological polar surface area (TPSA) is 56.0 Å². The molecule has 0 spiro atoms. The Morgan fingerprint density at radius 2 is 2.05 bits per heavy atom. The van der Waals surface area contributed by atoms with Gasteiger partial charge >= 0.3 is 0 Å². The molecule has 0 bridgehead atoms. The fraction of sp³-hybridized carbons (Fsp3) is 0.294. The predicted octanol–water partition coefficient (Wildman–Crippen LogP) is 2.58. The summed E-state index contributed by atoms with van der Waals surface area (Å²) in [6, 6.07) is 12.5. The first kappa shape index (κ1) is 12.9. The lowest BCUT2D eigenvalue weighted by molar-refractivity contribution is -0.119. The van der Waals surface area contributed by atoms with Crippen molar-refractivity contribution in [3.8, 4) is 0 Å². The molecule has 3 rings (SSSR count). The van der Waals surface area contributed by atoms with Crippen molar-refractivity contribution in [2.45, 2.75) is 31.6 Å². The number of benzene rings is 1. The molecule has 2 N–H and O–H groups in total. The number of hydrogen-bond donors (Lipinski definition) is 1. The van der Waals surface area contributed by atoms with Crippen LogP contribution < -0.4 is 5.73 Å². The molecule has 1 atom stereocenters. The summed E-state index contributed by atoms with van der Waals surface area (Å²) >= 11 is 0. The first-order valence-corrected chi connectivity index (χ1v) is 7.05. The van der Waals surface area contributed by atoms with Gasteiger partial charge in [-0.2, -0.15) is 0 Å². The highest BCUT2D eigenvalue weighted by atomic mass is 16.1. The van der Waals surface area contributed by atoms with Gasteiger partial charge < -0.3 is 5.73 Å². The van der Waals surface area contributed by atoms with Crippen molar-refractivity contribution in [2.75, 3.05) is 0 Å². The second-order valence-corrected chi connectivity index (χ2v) is 5.40. The highest BCUT2D eigenvalue weighted by molar-refractivity contribution is 5.82. The Morgan fingerprint density at radius 1 is 1.25 bits per heavy atom. The second kappa shape index (κ2) is 5.45. The van der Waals surface area contributed by atoms with Crippen molar-refractivity contribution in [3.05, 3.63) is 65.0 Å². The predicted molar refractivity (Wildman–Crippen MR) is 78.4 cm³/mol. The van der Waals surface area contributed by atoms with Gasteiger partial charge in [0, 0.05) is 6.20 Å². The quantitative estimate of drug-likeness (QED) is 0.928. The first-order chi connectivity index (χ1) is 9.74. The number of fused-ring (bicyclic) bond motifs is 1. The molecule has 1 aromatic carbocycles. The fourth-order valence-corrected chi connectivity index (χ4v) is 2.92. The smallest absolute Gasteiger partial charge is 0.226 e. The van der Waals surface area contributed by atoms with Gasteiger partial charge in [-0.05, 0) is 42.4 Å². The molecule has 3 heteroatoms. The van der Waals surface area contributed by atoms with Crippen LogP contribution >= 0.6 is 0 Å². The summed E-state index contributed by atoms with van der Waals surface area (Å²) in [6.45, 7) is 0. The van der Waals surface area contributed by atoms with Gasteiger partial charge in [0.2, 0.25) is 5.91 Å². The third-order valence-electron chi connectivity index (χ3n) is 3.92. The Morgan fingerprint density at radius 3 is 2.80 bits per heavy atom. The van der Waals surface area contributed by atoms with E-state index in [0.29, 0.717) is 0 Å². The zero-order chi connectivity index (χ0) is 13.9. The van der Waals surface area contributed by atoms with Crippen molar-refractivity contribution in [1.29, 1.82) is 0 Å². The number of primary amides is 1. The Labute approximate surface area is 118 Å².